The molecule has 312 valence electrons. The number of phenolic OH excluding ortho intramolecular Hbond substituents is 3. The van der Waals surface area contributed by atoms with Crippen LogP contribution >= 0.6 is 11.9 Å². The number of rotatable bonds is 8. The van der Waals surface area contributed by atoms with Gasteiger partial charge < -0.3 is 19.5 Å². The summed E-state index contributed by atoms with van der Waals surface area (Å²) in [5.41, 5.74) is -1.20. The van der Waals surface area contributed by atoms with E-state index < -0.39 is 126 Å². The Kier molecular flexibility index (Phi) is 11.6. The number of phenols is 3. The van der Waals surface area contributed by atoms with Crippen LogP contribution in [0, 0.1) is 6.92 Å². The second-order valence-electron chi connectivity index (χ2n) is 13.5. The van der Waals surface area contributed by atoms with Crippen molar-refractivity contribution in [3.8, 4) is 23.0 Å². The van der Waals surface area contributed by atoms with Crippen molar-refractivity contribution in [3.05, 3.63) is 128 Å². The van der Waals surface area contributed by atoms with Crippen LogP contribution in [0.5, 0.6) is 23.0 Å². The molecule has 0 spiro atoms. The lowest BCUT2D eigenvalue weighted by Crippen LogP contribution is -2.16. The minimum absolute atomic E-state index is 0.0648. The van der Waals surface area contributed by atoms with E-state index in [0.29, 0.717) is 5.56 Å². The van der Waals surface area contributed by atoms with E-state index in [4.69, 9.17) is 4.18 Å². The molecule has 6 rings (SSSR count). The third kappa shape index (κ3) is 9.34. The Bertz CT molecular complexity index is 2890. The van der Waals surface area contributed by atoms with Gasteiger partial charge in [-0.2, -0.15) is 33.7 Å². The van der Waals surface area contributed by atoms with Crippen molar-refractivity contribution in [2.45, 2.75) is 52.2 Å². The summed E-state index contributed by atoms with van der Waals surface area (Å²) in [7, 11) is -20.2. The smallest absolute Gasteiger partial charge is 0.339 e. The number of carbonyl (C=O) groups excluding carboxylic acids is 1. The number of fused-ring (bicyclic) bond motifs is 8. The molecule has 0 atom stereocenters. The molecular weight excluding hydrogens is 875 g/mol. The summed E-state index contributed by atoms with van der Waals surface area (Å²) in [6, 6.07) is 12.4. The molecule has 22 heteroatoms. The lowest BCUT2D eigenvalue weighted by atomic mass is 9.90. The number of hydrogen-bond acceptors (Lipinski definition) is 14. The van der Waals surface area contributed by atoms with E-state index in [-0.39, 0.29) is 38.9 Å². The van der Waals surface area contributed by atoms with Gasteiger partial charge in [-0.05, 0) is 78.7 Å². The monoisotopic (exact) mass is 907 g/mol. The maximum absolute atomic E-state index is 14.0. The zero-order valence-electron chi connectivity index (χ0n) is 30.6. The zero-order chi connectivity index (χ0) is 43.4. The summed E-state index contributed by atoms with van der Waals surface area (Å²) in [5, 5.41) is 34.7. The van der Waals surface area contributed by atoms with Crippen LogP contribution < -0.4 is 8.91 Å². The van der Waals surface area contributed by atoms with Crippen molar-refractivity contribution in [2.24, 2.45) is 0 Å². The molecule has 1 amide bonds. The van der Waals surface area contributed by atoms with Crippen molar-refractivity contribution >= 4 is 58.3 Å². The fourth-order valence-electron chi connectivity index (χ4n) is 6.64. The molecule has 8 bridgehead atoms. The topological polar surface area (TPSA) is 296 Å². The van der Waals surface area contributed by atoms with Gasteiger partial charge in [0.1, 0.15) is 27.9 Å². The number of amides is 1. The number of carbonyl (C=O) groups is 1. The second kappa shape index (κ2) is 15.8. The molecule has 17 nitrogen and oxygen atoms in total. The minimum atomic E-state index is -5.18. The van der Waals surface area contributed by atoms with Gasteiger partial charge in [-0.3, -0.25) is 23.2 Å². The van der Waals surface area contributed by atoms with Crippen LogP contribution in [0.25, 0.3) is 0 Å². The number of aromatic hydroxyl groups is 3. The van der Waals surface area contributed by atoms with Gasteiger partial charge in [0, 0.05) is 70.9 Å². The number of benzene rings is 5. The van der Waals surface area contributed by atoms with Crippen LogP contribution in [-0.4, -0.2) is 74.8 Å². The number of nitrogens with one attached hydrogen (secondary N) is 1. The summed E-state index contributed by atoms with van der Waals surface area (Å²) >= 11 is 0.991. The molecule has 0 saturated carbocycles. The van der Waals surface area contributed by atoms with Crippen LogP contribution in [0.2, 0.25) is 0 Å². The molecule has 1 aliphatic rings. The highest BCUT2D eigenvalue weighted by atomic mass is 32.2. The lowest BCUT2D eigenvalue weighted by Gasteiger charge is -2.21. The fraction of sp³-hybridized carbons (Fsp3) is 0.162. The third-order valence-corrected chi connectivity index (χ3v) is 13.4. The maximum Gasteiger partial charge on any atom is 0.339 e. The van der Waals surface area contributed by atoms with Gasteiger partial charge in [0.15, 0.2) is 0 Å². The van der Waals surface area contributed by atoms with Crippen LogP contribution in [0.15, 0.2) is 92.4 Å². The Balaban J connectivity index is 1.70. The molecule has 1 aliphatic carbocycles. The van der Waals surface area contributed by atoms with E-state index in [1.165, 1.54) is 24.3 Å². The molecule has 7 N–H and O–H groups in total. The van der Waals surface area contributed by atoms with Crippen molar-refractivity contribution in [2.75, 3.05) is 6.26 Å². The van der Waals surface area contributed by atoms with Crippen molar-refractivity contribution in [1.29, 1.82) is 0 Å². The quantitative estimate of drug-likeness (QED) is 0.0636. The summed E-state index contributed by atoms with van der Waals surface area (Å²) in [5.74, 6) is -2.90. The average Bonchev–Trinajstić information content (AvgIpc) is 3.12. The highest BCUT2D eigenvalue weighted by Gasteiger charge is 2.29. The molecule has 0 aromatic heterocycles. The lowest BCUT2D eigenvalue weighted by molar-refractivity contribution is 0.0984. The van der Waals surface area contributed by atoms with E-state index in [9.17, 15) is 67.4 Å². The predicted molar refractivity (Wildman–Crippen MR) is 211 cm³/mol. The molecule has 0 unspecified atom stereocenters. The molecule has 0 radical (unpaired) electrons. The van der Waals surface area contributed by atoms with Gasteiger partial charge in [0.2, 0.25) is 0 Å². The van der Waals surface area contributed by atoms with Crippen molar-refractivity contribution in [1.82, 2.24) is 4.72 Å². The first-order valence-corrected chi connectivity index (χ1v) is 23.8. The molecule has 5 aromatic rings. The van der Waals surface area contributed by atoms with Gasteiger partial charge in [0.25, 0.3) is 36.3 Å². The highest BCUT2D eigenvalue weighted by molar-refractivity contribution is 7.97. The van der Waals surface area contributed by atoms with Gasteiger partial charge in [0.05, 0.1) is 14.7 Å². The van der Waals surface area contributed by atoms with Gasteiger partial charge in [-0.25, -0.2) is 0 Å². The molecule has 0 aliphatic heterocycles. The van der Waals surface area contributed by atoms with Gasteiger partial charge in [-0.1, -0.05) is 29.6 Å². The Labute approximate surface area is 342 Å². The second-order valence-corrected chi connectivity index (χ2v) is 19.9. The van der Waals surface area contributed by atoms with E-state index in [0.717, 1.165) is 60.5 Å². The van der Waals surface area contributed by atoms with Crippen LogP contribution in [0.1, 0.15) is 60.4 Å². The molecule has 0 heterocycles. The van der Waals surface area contributed by atoms with Crippen LogP contribution in [0.4, 0.5) is 0 Å². The minimum Gasteiger partial charge on any atom is -0.507 e. The van der Waals surface area contributed by atoms with E-state index in [2.05, 4.69) is 4.72 Å². The Hall–Kier alpha value is -5.20. The largest absolute Gasteiger partial charge is 0.507 e. The predicted octanol–water partition coefficient (Wildman–Crippen LogP) is 4.30. The molecule has 5 aromatic carbocycles. The van der Waals surface area contributed by atoms with Crippen molar-refractivity contribution < 1.29 is 71.6 Å². The number of aryl methyl sites for hydroxylation is 1. The first-order chi connectivity index (χ1) is 27.3. The number of hydrogen-bond donors (Lipinski definition) is 7. The normalized spacial score (nSPS) is 13.4. The first kappa shape index (κ1) is 43.4. The molecule has 0 saturated heterocycles. The highest BCUT2D eigenvalue weighted by Crippen LogP contribution is 2.41. The van der Waals surface area contributed by atoms with E-state index in [1.807, 2.05) is 0 Å². The van der Waals surface area contributed by atoms with Gasteiger partial charge >= 0.3 is 10.1 Å². The fourth-order valence-corrected chi connectivity index (χ4v) is 9.69. The summed E-state index contributed by atoms with van der Waals surface area (Å²) < 4.78 is 142. The summed E-state index contributed by atoms with van der Waals surface area (Å²) in [4.78, 5) is 9.41. The maximum atomic E-state index is 14.0. The molecule has 59 heavy (non-hydrogen) atoms. The molecular formula is C37H33NO16S5. The zero-order valence-corrected chi connectivity index (χ0v) is 34.6. The summed E-state index contributed by atoms with van der Waals surface area (Å²) in [6.07, 6.45) is -0.784. The summed E-state index contributed by atoms with van der Waals surface area (Å²) in [6.45, 7) is 1.64. The van der Waals surface area contributed by atoms with Crippen LogP contribution in [-0.2, 0) is 66.2 Å². The Morgan fingerprint density at radius 2 is 0.864 bits per heavy atom. The Morgan fingerprint density at radius 3 is 1.20 bits per heavy atom. The van der Waals surface area contributed by atoms with E-state index >= 15 is 0 Å². The SMILES string of the molecule is CSNC(=O)c1ccc(S(=O)(=O)Oc2c3cc(S(=O)(=O)O)cc2Cc2cc(S(=O)(=O)O)cc(c2O)Cc2cc(C)cc(c2O)Cc2cc(S(=O)(=O)O)cc(c2O)C3)cc1. The third-order valence-electron chi connectivity index (χ3n) is 9.32. The van der Waals surface area contributed by atoms with Crippen molar-refractivity contribution in [3.63, 3.8) is 0 Å². The molecule has 0 fully saturated rings. The first-order valence-electron chi connectivity index (χ1n) is 16.8. The van der Waals surface area contributed by atoms with Crippen LogP contribution in [0.3, 0.4) is 0 Å². The van der Waals surface area contributed by atoms with E-state index in [1.54, 1.807) is 13.2 Å². The average molecular weight is 908 g/mol. The van der Waals surface area contributed by atoms with Gasteiger partial charge in [-0.15, -0.1) is 0 Å². The standard InChI is InChI=1S/C37H33NO16S5/c1-19-7-21-9-23-13-30(56(43,44)45)15-25(34(23)40)11-27-17-32(58(49,50)51)18-28(36(27)54-59(52,53)29-5-3-20(4-6-29)37(42)38-55-2)12-26-16-31(57(46,47)48)14-24(35(26)41)10-22(8-19)33(21)39/h3-8,13-18,39-41H,9-12H2,1-2H3,(H,38,42)(H,43,44,45)(H,46,47,48)(H,49,50,51). The Morgan fingerprint density at radius 1 is 0.542 bits per heavy atom.